The van der Waals surface area contributed by atoms with Crippen LogP contribution in [-0.4, -0.2) is 5.11 Å². The summed E-state index contributed by atoms with van der Waals surface area (Å²) in [6.07, 6.45) is 5.48. The summed E-state index contributed by atoms with van der Waals surface area (Å²) in [5.41, 5.74) is 0.837. The molecule has 88 valence electrons. The first-order chi connectivity index (χ1) is 7.65. The van der Waals surface area contributed by atoms with E-state index in [0.717, 1.165) is 12.0 Å². The van der Waals surface area contributed by atoms with Crippen LogP contribution >= 0.6 is 23.2 Å². The number of aliphatic hydroxyl groups is 1. The maximum Gasteiger partial charge on any atom is 0.0793 e. The summed E-state index contributed by atoms with van der Waals surface area (Å²) in [6.45, 7) is 0. The molecule has 0 heterocycles. The van der Waals surface area contributed by atoms with E-state index in [1.165, 1.54) is 25.7 Å². The van der Waals surface area contributed by atoms with Gasteiger partial charge in [0.15, 0.2) is 0 Å². The minimum atomic E-state index is -0.431. The molecule has 0 saturated heterocycles. The Bertz CT molecular complexity index is 339. The molecule has 16 heavy (non-hydrogen) atoms. The van der Waals surface area contributed by atoms with Crippen LogP contribution in [0.25, 0.3) is 0 Å². The highest BCUT2D eigenvalue weighted by Gasteiger charge is 2.20. The van der Waals surface area contributed by atoms with Crippen molar-refractivity contribution in [1.29, 1.82) is 0 Å². The van der Waals surface area contributed by atoms with Crippen molar-refractivity contribution in [2.24, 2.45) is 5.92 Å². The molecule has 1 atom stereocenters. The first-order valence-electron chi connectivity index (χ1n) is 5.79. The van der Waals surface area contributed by atoms with Crippen molar-refractivity contribution in [1.82, 2.24) is 0 Å². The van der Waals surface area contributed by atoms with Gasteiger partial charge in [0, 0.05) is 10.0 Å². The Morgan fingerprint density at radius 3 is 2.25 bits per heavy atom. The molecule has 1 saturated carbocycles. The highest BCUT2D eigenvalue weighted by atomic mass is 35.5. The summed E-state index contributed by atoms with van der Waals surface area (Å²) in [6, 6.07) is 5.29. The number of halogens is 2. The van der Waals surface area contributed by atoms with Crippen LogP contribution in [0.3, 0.4) is 0 Å². The van der Waals surface area contributed by atoms with Crippen molar-refractivity contribution in [3.8, 4) is 0 Å². The van der Waals surface area contributed by atoms with Gasteiger partial charge in [-0.25, -0.2) is 0 Å². The van der Waals surface area contributed by atoms with E-state index in [1.54, 1.807) is 18.2 Å². The van der Waals surface area contributed by atoms with Gasteiger partial charge in [0.05, 0.1) is 6.10 Å². The minimum absolute atomic E-state index is 0.431. The summed E-state index contributed by atoms with van der Waals surface area (Å²) in [5, 5.41) is 11.3. The third kappa shape index (κ3) is 3.13. The van der Waals surface area contributed by atoms with E-state index in [9.17, 15) is 5.11 Å². The van der Waals surface area contributed by atoms with E-state index in [-0.39, 0.29) is 0 Å². The Balaban J connectivity index is 2.04. The van der Waals surface area contributed by atoms with Crippen LogP contribution in [0.2, 0.25) is 10.0 Å². The molecule has 0 aliphatic heterocycles. The summed E-state index contributed by atoms with van der Waals surface area (Å²) in [4.78, 5) is 0. The molecule has 1 aromatic carbocycles. The van der Waals surface area contributed by atoms with Crippen LogP contribution in [0.4, 0.5) is 0 Å². The van der Waals surface area contributed by atoms with Crippen molar-refractivity contribution in [2.45, 2.75) is 38.2 Å². The Hall–Kier alpha value is -0.240. The average molecular weight is 259 g/mol. The van der Waals surface area contributed by atoms with Crippen LogP contribution in [0.1, 0.15) is 43.8 Å². The van der Waals surface area contributed by atoms with Crippen LogP contribution in [-0.2, 0) is 0 Å². The third-order valence-electron chi connectivity index (χ3n) is 3.30. The normalized spacial score (nSPS) is 18.9. The van der Waals surface area contributed by atoms with Gasteiger partial charge in [0.25, 0.3) is 0 Å². The van der Waals surface area contributed by atoms with Crippen LogP contribution in [0, 0.1) is 5.92 Å². The molecule has 0 aromatic heterocycles. The lowest BCUT2D eigenvalue weighted by atomic mass is 9.96. The lowest BCUT2D eigenvalue weighted by molar-refractivity contribution is 0.145. The SMILES string of the molecule is OC(CC1CCCC1)c1cc(Cl)cc(Cl)c1. The zero-order valence-corrected chi connectivity index (χ0v) is 10.6. The van der Waals surface area contributed by atoms with E-state index >= 15 is 0 Å². The molecule has 1 aliphatic rings. The van der Waals surface area contributed by atoms with E-state index in [4.69, 9.17) is 23.2 Å². The fourth-order valence-corrected chi connectivity index (χ4v) is 3.01. The first-order valence-corrected chi connectivity index (χ1v) is 6.55. The molecular weight excluding hydrogens is 243 g/mol. The van der Waals surface area contributed by atoms with Gasteiger partial charge in [-0.15, -0.1) is 0 Å². The van der Waals surface area contributed by atoms with Crippen LogP contribution < -0.4 is 0 Å². The molecule has 1 aromatic rings. The van der Waals surface area contributed by atoms with Gasteiger partial charge in [0.1, 0.15) is 0 Å². The summed E-state index contributed by atoms with van der Waals surface area (Å²) < 4.78 is 0. The lowest BCUT2D eigenvalue weighted by Gasteiger charge is -2.16. The number of aliphatic hydroxyl groups excluding tert-OH is 1. The predicted molar refractivity (Wildman–Crippen MR) is 68.0 cm³/mol. The fraction of sp³-hybridized carbons (Fsp3) is 0.538. The van der Waals surface area contributed by atoms with Gasteiger partial charge in [-0.05, 0) is 36.1 Å². The number of hydrogen-bond acceptors (Lipinski definition) is 1. The summed E-state index contributed by atoms with van der Waals surface area (Å²) in [5.74, 6) is 0.660. The number of benzene rings is 1. The van der Waals surface area contributed by atoms with Crippen molar-refractivity contribution < 1.29 is 5.11 Å². The Kier molecular flexibility index (Phi) is 4.12. The zero-order chi connectivity index (χ0) is 11.5. The molecule has 1 nitrogen and oxygen atoms in total. The fourth-order valence-electron chi connectivity index (χ4n) is 2.47. The minimum Gasteiger partial charge on any atom is -0.388 e. The van der Waals surface area contributed by atoms with Gasteiger partial charge in [-0.2, -0.15) is 0 Å². The summed E-state index contributed by atoms with van der Waals surface area (Å²) >= 11 is 11.8. The summed E-state index contributed by atoms with van der Waals surface area (Å²) in [7, 11) is 0. The highest BCUT2D eigenvalue weighted by Crippen LogP contribution is 2.34. The van der Waals surface area contributed by atoms with Crippen LogP contribution in [0.5, 0.6) is 0 Å². The molecule has 0 radical (unpaired) electrons. The predicted octanol–water partition coefficient (Wildman–Crippen LogP) is 4.61. The highest BCUT2D eigenvalue weighted by molar-refractivity contribution is 6.34. The molecule has 1 aliphatic carbocycles. The van der Waals surface area contributed by atoms with Crippen molar-refractivity contribution >= 4 is 23.2 Å². The van der Waals surface area contributed by atoms with Gasteiger partial charge in [-0.1, -0.05) is 48.9 Å². The Morgan fingerprint density at radius 1 is 1.12 bits per heavy atom. The van der Waals surface area contributed by atoms with Crippen molar-refractivity contribution in [2.75, 3.05) is 0 Å². The van der Waals surface area contributed by atoms with E-state index in [2.05, 4.69) is 0 Å². The molecule has 3 heteroatoms. The average Bonchev–Trinajstić information content (AvgIpc) is 2.68. The maximum atomic E-state index is 10.1. The molecule has 0 spiro atoms. The third-order valence-corrected chi connectivity index (χ3v) is 3.74. The monoisotopic (exact) mass is 258 g/mol. The van der Waals surface area contributed by atoms with Gasteiger partial charge >= 0.3 is 0 Å². The smallest absolute Gasteiger partial charge is 0.0793 e. The molecule has 1 unspecified atom stereocenters. The second-order valence-electron chi connectivity index (χ2n) is 4.60. The van der Waals surface area contributed by atoms with E-state index in [0.29, 0.717) is 16.0 Å². The zero-order valence-electron chi connectivity index (χ0n) is 9.13. The molecule has 1 fully saturated rings. The quantitative estimate of drug-likeness (QED) is 0.840. The number of hydrogen-bond donors (Lipinski definition) is 1. The molecule has 0 bridgehead atoms. The topological polar surface area (TPSA) is 20.2 Å². The second kappa shape index (κ2) is 5.39. The largest absolute Gasteiger partial charge is 0.388 e. The van der Waals surface area contributed by atoms with E-state index < -0.39 is 6.10 Å². The second-order valence-corrected chi connectivity index (χ2v) is 5.48. The maximum absolute atomic E-state index is 10.1. The van der Waals surface area contributed by atoms with Crippen molar-refractivity contribution in [3.63, 3.8) is 0 Å². The lowest BCUT2D eigenvalue weighted by Crippen LogP contribution is -2.04. The Labute approximate surface area is 106 Å². The van der Waals surface area contributed by atoms with Crippen LogP contribution in [0.15, 0.2) is 18.2 Å². The molecular formula is C13H16Cl2O. The first kappa shape index (κ1) is 12.2. The standard InChI is InChI=1S/C13H16Cl2O/c14-11-6-10(7-12(15)8-11)13(16)5-9-3-1-2-4-9/h6-9,13,16H,1-5H2. The molecule has 0 amide bonds. The van der Waals surface area contributed by atoms with Gasteiger partial charge in [0.2, 0.25) is 0 Å². The van der Waals surface area contributed by atoms with Crippen molar-refractivity contribution in [3.05, 3.63) is 33.8 Å². The molecule has 2 rings (SSSR count). The molecule has 1 N–H and O–H groups in total. The number of rotatable bonds is 3. The van der Waals surface area contributed by atoms with E-state index in [1.807, 2.05) is 0 Å². The Morgan fingerprint density at radius 2 is 1.69 bits per heavy atom. The van der Waals surface area contributed by atoms with Gasteiger partial charge < -0.3 is 5.11 Å². The van der Waals surface area contributed by atoms with Gasteiger partial charge in [-0.3, -0.25) is 0 Å².